The predicted octanol–water partition coefficient (Wildman–Crippen LogP) is 2.66. The molecule has 0 atom stereocenters. The van der Waals surface area contributed by atoms with Crippen LogP contribution in [0.1, 0.15) is 4.88 Å². The lowest BCUT2D eigenvalue weighted by Gasteiger charge is -2.26. The Bertz CT molecular complexity index is 890. The summed E-state index contributed by atoms with van der Waals surface area (Å²) in [6, 6.07) is 7.96. The van der Waals surface area contributed by atoms with E-state index in [1.54, 1.807) is 31.3 Å². The van der Waals surface area contributed by atoms with Crippen molar-refractivity contribution >= 4 is 45.6 Å². The molecule has 9 heteroatoms. The molecule has 0 fully saturated rings. The number of thiophene rings is 1. The molecule has 0 saturated carbocycles. The van der Waals surface area contributed by atoms with Gasteiger partial charge in [-0.3, -0.25) is 19.7 Å². The summed E-state index contributed by atoms with van der Waals surface area (Å²) in [6.45, 7) is -0.00903. The number of carbonyl (C=O) groups excluding carboxylic acids is 2. The van der Waals surface area contributed by atoms with Gasteiger partial charge in [0, 0.05) is 29.8 Å². The van der Waals surface area contributed by atoms with Crippen LogP contribution in [-0.2, 0) is 9.59 Å². The molecule has 25 heavy (non-hydrogen) atoms. The fourth-order valence-electron chi connectivity index (χ4n) is 2.22. The number of carbonyl (C=O) groups is 2. The van der Waals surface area contributed by atoms with Crippen LogP contribution in [-0.4, -0.2) is 30.4 Å². The second kappa shape index (κ2) is 6.73. The number of rotatable bonds is 4. The van der Waals surface area contributed by atoms with Crippen LogP contribution < -0.4 is 15.0 Å². The first-order valence-electron chi connectivity index (χ1n) is 7.21. The fraction of sp³-hybridized carbons (Fsp3) is 0.125. The van der Waals surface area contributed by atoms with Gasteiger partial charge in [-0.15, -0.1) is 0 Å². The van der Waals surface area contributed by atoms with E-state index in [0.717, 1.165) is 11.3 Å². The molecule has 0 unspecified atom stereocenters. The molecule has 128 valence electrons. The quantitative estimate of drug-likeness (QED) is 0.514. The number of ether oxygens (including phenoxy) is 1. The van der Waals surface area contributed by atoms with E-state index in [2.05, 4.69) is 5.32 Å². The maximum Gasteiger partial charge on any atom is 0.324 e. The zero-order valence-electron chi connectivity index (χ0n) is 13.1. The van der Waals surface area contributed by atoms with Crippen molar-refractivity contribution in [3.8, 4) is 5.75 Å². The maximum atomic E-state index is 12.0. The summed E-state index contributed by atoms with van der Waals surface area (Å²) in [5.41, 5.74) is 1.09. The van der Waals surface area contributed by atoms with Gasteiger partial charge in [-0.25, -0.2) is 0 Å². The first-order valence-corrected chi connectivity index (χ1v) is 8.02. The van der Waals surface area contributed by atoms with Crippen LogP contribution in [0.3, 0.4) is 0 Å². The standard InChI is InChI=1S/C16H13N3O5S/c1-18-12-8-10(2-5-13(12)24-9-15(18)21)17-14(20)6-3-11-4-7-16(25-11)19(22)23/h2-8H,9H2,1H3,(H,17,20)/b6-3+. The molecule has 2 aromatic rings. The molecule has 0 radical (unpaired) electrons. The highest BCUT2D eigenvalue weighted by atomic mass is 32.1. The van der Waals surface area contributed by atoms with Gasteiger partial charge in [-0.1, -0.05) is 11.3 Å². The van der Waals surface area contributed by atoms with E-state index in [4.69, 9.17) is 4.74 Å². The Morgan fingerprint density at radius 2 is 2.20 bits per heavy atom. The minimum atomic E-state index is -0.477. The lowest BCUT2D eigenvalue weighted by atomic mass is 10.2. The average Bonchev–Trinajstić information content (AvgIpc) is 3.06. The van der Waals surface area contributed by atoms with Crippen molar-refractivity contribution in [3.05, 3.63) is 51.4 Å². The highest BCUT2D eigenvalue weighted by Gasteiger charge is 2.22. The van der Waals surface area contributed by atoms with Crippen molar-refractivity contribution in [2.75, 3.05) is 23.9 Å². The van der Waals surface area contributed by atoms with Crippen LogP contribution in [0.5, 0.6) is 5.75 Å². The minimum Gasteiger partial charge on any atom is -0.482 e. The van der Waals surface area contributed by atoms with Gasteiger partial charge in [0.2, 0.25) is 5.91 Å². The Labute approximate surface area is 146 Å². The van der Waals surface area contributed by atoms with Crippen molar-refractivity contribution in [2.24, 2.45) is 0 Å². The average molecular weight is 359 g/mol. The molecule has 0 aliphatic carbocycles. The Morgan fingerprint density at radius 1 is 1.40 bits per heavy atom. The van der Waals surface area contributed by atoms with Crippen LogP contribution in [0.4, 0.5) is 16.4 Å². The molecule has 2 heterocycles. The highest BCUT2D eigenvalue weighted by molar-refractivity contribution is 7.16. The largest absolute Gasteiger partial charge is 0.482 e. The van der Waals surface area contributed by atoms with E-state index in [-0.39, 0.29) is 23.4 Å². The molecule has 8 nitrogen and oxygen atoms in total. The van der Waals surface area contributed by atoms with Crippen LogP contribution >= 0.6 is 11.3 Å². The van der Waals surface area contributed by atoms with E-state index >= 15 is 0 Å². The van der Waals surface area contributed by atoms with Crippen molar-refractivity contribution in [3.63, 3.8) is 0 Å². The van der Waals surface area contributed by atoms with Crippen LogP contribution in [0, 0.1) is 10.1 Å². The van der Waals surface area contributed by atoms with Crippen molar-refractivity contribution < 1.29 is 19.2 Å². The van der Waals surface area contributed by atoms with Gasteiger partial charge < -0.3 is 15.0 Å². The Balaban J connectivity index is 1.69. The highest BCUT2D eigenvalue weighted by Crippen LogP contribution is 2.33. The monoisotopic (exact) mass is 359 g/mol. The van der Waals surface area contributed by atoms with Gasteiger partial charge >= 0.3 is 5.00 Å². The van der Waals surface area contributed by atoms with E-state index in [9.17, 15) is 19.7 Å². The number of amides is 2. The third-order valence-corrected chi connectivity index (χ3v) is 4.51. The smallest absolute Gasteiger partial charge is 0.324 e. The maximum absolute atomic E-state index is 12.0. The zero-order valence-corrected chi connectivity index (χ0v) is 13.9. The Hall–Kier alpha value is -3.20. The second-order valence-corrected chi connectivity index (χ2v) is 6.27. The van der Waals surface area contributed by atoms with Crippen LogP contribution in [0.25, 0.3) is 6.08 Å². The lowest BCUT2D eigenvalue weighted by molar-refractivity contribution is -0.380. The Kier molecular flexibility index (Phi) is 4.48. The van der Waals surface area contributed by atoms with Gasteiger partial charge in [-0.2, -0.15) is 0 Å². The van der Waals surface area contributed by atoms with Gasteiger partial charge in [-0.05, 0) is 30.3 Å². The minimum absolute atomic E-state index is 0.00903. The summed E-state index contributed by atoms with van der Waals surface area (Å²) in [5, 5.41) is 13.3. The molecule has 1 aliphatic rings. The summed E-state index contributed by atoms with van der Waals surface area (Å²) in [6.07, 6.45) is 2.80. The number of nitrogens with one attached hydrogen (secondary N) is 1. The molecule has 1 aliphatic heterocycles. The number of benzene rings is 1. The first-order chi connectivity index (χ1) is 11.9. The molecule has 1 aromatic heterocycles. The van der Waals surface area contributed by atoms with Gasteiger partial charge in [0.25, 0.3) is 5.91 Å². The number of nitrogens with zero attached hydrogens (tertiary/aromatic N) is 2. The van der Waals surface area contributed by atoms with E-state index in [1.165, 1.54) is 23.1 Å². The zero-order chi connectivity index (χ0) is 18.0. The summed E-state index contributed by atoms with van der Waals surface area (Å²) in [7, 11) is 1.64. The number of hydrogen-bond acceptors (Lipinski definition) is 6. The molecular formula is C16H13N3O5S. The van der Waals surface area contributed by atoms with E-state index < -0.39 is 4.92 Å². The third-order valence-electron chi connectivity index (χ3n) is 3.50. The fourth-order valence-corrected chi connectivity index (χ4v) is 2.95. The topological polar surface area (TPSA) is 102 Å². The van der Waals surface area contributed by atoms with Gasteiger partial charge in [0.15, 0.2) is 6.61 Å². The number of nitro groups is 1. The predicted molar refractivity (Wildman–Crippen MR) is 94.0 cm³/mol. The number of hydrogen-bond donors (Lipinski definition) is 1. The molecule has 2 amide bonds. The molecule has 0 saturated heterocycles. The molecule has 1 N–H and O–H groups in total. The third kappa shape index (κ3) is 3.66. The number of fused-ring (bicyclic) bond motifs is 1. The number of anilines is 2. The Morgan fingerprint density at radius 3 is 2.92 bits per heavy atom. The summed E-state index contributed by atoms with van der Waals surface area (Å²) in [5.74, 6) is 0.0124. The second-order valence-electron chi connectivity index (χ2n) is 5.18. The number of likely N-dealkylation sites (N-methyl/N-ethyl adjacent to an activating group) is 1. The molecule has 0 bridgehead atoms. The molecule has 1 aromatic carbocycles. The molecular weight excluding hydrogens is 346 g/mol. The van der Waals surface area contributed by atoms with E-state index in [0.29, 0.717) is 22.0 Å². The summed E-state index contributed by atoms with van der Waals surface area (Å²) in [4.78, 5) is 35.9. The molecule has 3 rings (SSSR count). The molecule has 0 spiro atoms. The SMILES string of the molecule is CN1C(=O)COc2ccc(NC(=O)/C=C/c3ccc([N+](=O)[O-])s3)cc21. The van der Waals surface area contributed by atoms with Crippen molar-refractivity contribution in [1.29, 1.82) is 0 Å². The van der Waals surface area contributed by atoms with Crippen molar-refractivity contribution in [2.45, 2.75) is 0 Å². The van der Waals surface area contributed by atoms with Crippen LogP contribution in [0.2, 0.25) is 0 Å². The first kappa shape index (κ1) is 16.7. The summed E-state index contributed by atoms with van der Waals surface area (Å²) >= 11 is 0.982. The van der Waals surface area contributed by atoms with Gasteiger partial charge in [0.05, 0.1) is 10.6 Å². The van der Waals surface area contributed by atoms with Crippen LogP contribution in [0.15, 0.2) is 36.4 Å². The lowest BCUT2D eigenvalue weighted by Crippen LogP contribution is -2.35. The van der Waals surface area contributed by atoms with Crippen molar-refractivity contribution in [1.82, 2.24) is 0 Å². The van der Waals surface area contributed by atoms with Gasteiger partial charge in [0.1, 0.15) is 5.75 Å². The van der Waals surface area contributed by atoms with E-state index in [1.807, 2.05) is 0 Å². The normalized spacial score (nSPS) is 13.5. The summed E-state index contributed by atoms with van der Waals surface area (Å²) < 4.78 is 5.32.